The Morgan fingerprint density at radius 3 is 2.50 bits per heavy atom. The van der Waals surface area contributed by atoms with E-state index >= 15 is 0 Å². The zero-order valence-corrected chi connectivity index (χ0v) is 17.1. The maximum absolute atomic E-state index is 12.6. The van der Waals surface area contributed by atoms with Gasteiger partial charge in [-0.3, -0.25) is 4.79 Å². The quantitative estimate of drug-likeness (QED) is 0.703. The lowest BCUT2D eigenvalue weighted by molar-refractivity contribution is -0.135. The number of amides is 1. The molecular formula is C19H27ClN2O3S. The molecule has 5 nitrogen and oxygen atoms in total. The summed E-state index contributed by atoms with van der Waals surface area (Å²) < 4.78 is 10.6. The second-order valence-corrected chi connectivity index (χ2v) is 6.75. The highest BCUT2D eigenvalue weighted by Crippen LogP contribution is 2.27. The van der Waals surface area contributed by atoms with E-state index in [1.807, 2.05) is 35.4 Å². The molecular weight excluding hydrogens is 372 g/mol. The number of methoxy groups -OCH3 is 2. The van der Waals surface area contributed by atoms with Crippen LogP contribution in [0.4, 0.5) is 0 Å². The molecule has 1 aromatic heterocycles. The number of ether oxygens (including phenoxy) is 2. The van der Waals surface area contributed by atoms with Crippen LogP contribution in [0.3, 0.4) is 0 Å². The number of carbonyl (C=O) groups is 1. The van der Waals surface area contributed by atoms with E-state index in [9.17, 15) is 4.79 Å². The molecule has 2 rings (SSSR count). The zero-order valence-electron chi connectivity index (χ0n) is 15.4. The third kappa shape index (κ3) is 5.90. The largest absolute Gasteiger partial charge is 0.493 e. The number of nitrogens with zero attached hydrogens (tertiary/aromatic N) is 1. The van der Waals surface area contributed by atoms with Gasteiger partial charge in [0.15, 0.2) is 11.5 Å². The number of thiophene rings is 1. The van der Waals surface area contributed by atoms with Gasteiger partial charge in [0, 0.05) is 25.6 Å². The molecule has 0 aliphatic heterocycles. The fraction of sp³-hybridized carbons (Fsp3) is 0.421. The normalized spacial score (nSPS) is 11.4. The highest BCUT2D eigenvalue weighted by molar-refractivity contribution is 7.07. The van der Waals surface area contributed by atoms with E-state index in [4.69, 9.17) is 15.2 Å². The van der Waals surface area contributed by atoms with Crippen molar-refractivity contribution >= 4 is 29.7 Å². The molecule has 144 valence electrons. The van der Waals surface area contributed by atoms with Crippen LogP contribution in [0, 0.1) is 5.92 Å². The predicted octanol–water partition coefficient (Wildman–Crippen LogP) is 3.35. The van der Waals surface area contributed by atoms with Gasteiger partial charge in [-0.2, -0.15) is 11.3 Å². The Balaban J connectivity index is 0.00000338. The predicted molar refractivity (Wildman–Crippen MR) is 108 cm³/mol. The molecule has 0 radical (unpaired) electrons. The molecule has 2 N–H and O–H groups in total. The Labute approximate surface area is 165 Å². The van der Waals surface area contributed by atoms with Crippen LogP contribution in [0.25, 0.3) is 0 Å². The Morgan fingerprint density at radius 1 is 1.19 bits per heavy atom. The Morgan fingerprint density at radius 2 is 1.92 bits per heavy atom. The maximum Gasteiger partial charge on any atom is 0.226 e. The van der Waals surface area contributed by atoms with E-state index < -0.39 is 0 Å². The molecule has 1 atom stereocenters. The minimum absolute atomic E-state index is 0. The summed E-state index contributed by atoms with van der Waals surface area (Å²) in [6.45, 7) is 3.48. The summed E-state index contributed by atoms with van der Waals surface area (Å²) in [5.41, 5.74) is 7.93. The van der Waals surface area contributed by atoms with Crippen molar-refractivity contribution in [3.8, 4) is 11.5 Å². The van der Waals surface area contributed by atoms with Crippen LogP contribution >= 0.6 is 23.7 Å². The first-order chi connectivity index (χ1) is 12.1. The van der Waals surface area contributed by atoms with Crippen LogP contribution in [-0.4, -0.2) is 38.1 Å². The van der Waals surface area contributed by atoms with Gasteiger partial charge in [0.05, 0.1) is 14.2 Å². The molecule has 1 amide bonds. The first-order valence-electron chi connectivity index (χ1n) is 8.29. The molecule has 0 aliphatic rings. The van der Waals surface area contributed by atoms with Crippen molar-refractivity contribution in [2.24, 2.45) is 11.7 Å². The van der Waals surface area contributed by atoms with Crippen LogP contribution in [0.1, 0.15) is 18.1 Å². The van der Waals surface area contributed by atoms with Crippen molar-refractivity contribution in [1.82, 2.24) is 4.90 Å². The Bertz CT molecular complexity index is 679. The van der Waals surface area contributed by atoms with Gasteiger partial charge in [-0.15, -0.1) is 12.4 Å². The molecule has 7 heteroatoms. The average molecular weight is 399 g/mol. The van der Waals surface area contributed by atoms with Gasteiger partial charge in [0.1, 0.15) is 0 Å². The lowest BCUT2D eigenvalue weighted by Gasteiger charge is -2.25. The number of hydrogen-bond donors (Lipinski definition) is 1. The van der Waals surface area contributed by atoms with Crippen molar-refractivity contribution < 1.29 is 14.3 Å². The SMILES string of the molecule is COc1ccc(CCN(Cc2ccsc2)C(=O)C(C)CN)cc1OC.Cl. The van der Waals surface area contributed by atoms with E-state index in [1.165, 1.54) is 0 Å². The van der Waals surface area contributed by atoms with E-state index in [1.54, 1.807) is 25.6 Å². The highest BCUT2D eigenvalue weighted by atomic mass is 35.5. The number of rotatable bonds is 9. The standard InChI is InChI=1S/C19H26N2O3S.ClH/c1-14(11-20)19(22)21(12-16-7-9-25-13-16)8-6-15-4-5-17(23-2)18(10-15)24-3;/h4-5,7,9-10,13-14H,6,8,11-12,20H2,1-3H3;1H. The highest BCUT2D eigenvalue weighted by Gasteiger charge is 2.20. The monoisotopic (exact) mass is 398 g/mol. The van der Waals surface area contributed by atoms with Crippen molar-refractivity contribution in [1.29, 1.82) is 0 Å². The van der Waals surface area contributed by atoms with Crippen LogP contribution in [0.15, 0.2) is 35.0 Å². The molecule has 26 heavy (non-hydrogen) atoms. The lowest BCUT2D eigenvalue weighted by atomic mass is 10.1. The maximum atomic E-state index is 12.6. The number of halogens is 1. The third-order valence-electron chi connectivity index (χ3n) is 4.16. The summed E-state index contributed by atoms with van der Waals surface area (Å²) in [7, 11) is 3.24. The second-order valence-electron chi connectivity index (χ2n) is 5.97. The van der Waals surface area contributed by atoms with Crippen LogP contribution in [0.2, 0.25) is 0 Å². The summed E-state index contributed by atoms with van der Waals surface area (Å²) in [6.07, 6.45) is 0.744. The smallest absolute Gasteiger partial charge is 0.226 e. The molecule has 0 saturated heterocycles. The molecule has 0 aliphatic carbocycles. The molecule has 1 aromatic carbocycles. The van der Waals surface area contributed by atoms with E-state index in [0.717, 1.165) is 17.5 Å². The first-order valence-corrected chi connectivity index (χ1v) is 9.24. The molecule has 0 fully saturated rings. The van der Waals surface area contributed by atoms with E-state index in [2.05, 4.69) is 11.4 Å². The van der Waals surface area contributed by atoms with Crippen LogP contribution in [0.5, 0.6) is 11.5 Å². The van der Waals surface area contributed by atoms with Gasteiger partial charge < -0.3 is 20.1 Å². The summed E-state index contributed by atoms with van der Waals surface area (Å²) >= 11 is 1.64. The van der Waals surface area contributed by atoms with Gasteiger partial charge in [0.2, 0.25) is 5.91 Å². The summed E-state index contributed by atoms with van der Waals surface area (Å²) in [6, 6.07) is 7.90. The lowest BCUT2D eigenvalue weighted by Crippen LogP contribution is -2.38. The number of hydrogen-bond acceptors (Lipinski definition) is 5. The van der Waals surface area contributed by atoms with Gasteiger partial charge in [0.25, 0.3) is 0 Å². The first kappa shape index (κ1) is 22.3. The number of carbonyl (C=O) groups excluding carboxylic acids is 1. The number of nitrogens with two attached hydrogens (primary N) is 1. The Hall–Kier alpha value is -1.76. The molecule has 0 spiro atoms. The fourth-order valence-electron chi connectivity index (χ4n) is 2.58. The van der Waals surface area contributed by atoms with Crippen molar-refractivity contribution in [3.63, 3.8) is 0 Å². The Kier molecular flexibility index (Phi) is 9.48. The third-order valence-corrected chi connectivity index (χ3v) is 4.89. The minimum atomic E-state index is -0.177. The number of benzene rings is 1. The van der Waals surface area contributed by atoms with Gasteiger partial charge in [-0.05, 0) is 46.5 Å². The van der Waals surface area contributed by atoms with Gasteiger partial charge in [-0.25, -0.2) is 0 Å². The molecule has 1 unspecified atom stereocenters. The second kappa shape index (κ2) is 11.1. The molecule has 0 saturated carbocycles. The van der Waals surface area contributed by atoms with E-state index in [0.29, 0.717) is 31.1 Å². The summed E-state index contributed by atoms with van der Waals surface area (Å²) in [5.74, 6) is 1.32. The summed E-state index contributed by atoms with van der Waals surface area (Å²) in [5, 5.41) is 4.10. The van der Waals surface area contributed by atoms with Crippen molar-refractivity contribution in [3.05, 3.63) is 46.2 Å². The van der Waals surface area contributed by atoms with Gasteiger partial charge in [-0.1, -0.05) is 13.0 Å². The zero-order chi connectivity index (χ0) is 18.2. The molecule has 2 aromatic rings. The summed E-state index contributed by atoms with van der Waals surface area (Å²) in [4.78, 5) is 14.5. The molecule has 1 heterocycles. The van der Waals surface area contributed by atoms with Crippen molar-refractivity contribution in [2.75, 3.05) is 27.3 Å². The van der Waals surface area contributed by atoms with Crippen LogP contribution < -0.4 is 15.2 Å². The fourth-order valence-corrected chi connectivity index (χ4v) is 3.24. The van der Waals surface area contributed by atoms with Crippen LogP contribution in [-0.2, 0) is 17.8 Å². The van der Waals surface area contributed by atoms with E-state index in [-0.39, 0.29) is 24.2 Å². The topological polar surface area (TPSA) is 64.8 Å². The molecule has 0 bridgehead atoms. The van der Waals surface area contributed by atoms with Gasteiger partial charge >= 0.3 is 0 Å². The minimum Gasteiger partial charge on any atom is -0.493 e. The van der Waals surface area contributed by atoms with Crippen molar-refractivity contribution in [2.45, 2.75) is 19.9 Å². The average Bonchev–Trinajstić information content (AvgIpc) is 3.16.